The smallest absolute Gasteiger partial charge is 0.164 e. The first kappa shape index (κ1) is 17.8. The van der Waals surface area contributed by atoms with Crippen LogP contribution in [0.15, 0.2) is 30.3 Å². The fourth-order valence-corrected chi connectivity index (χ4v) is 3.26. The van der Waals surface area contributed by atoms with Crippen LogP contribution in [0.5, 0.6) is 0 Å². The van der Waals surface area contributed by atoms with Crippen LogP contribution in [0.4, 0.5) is 0 Å². The second-order valence-corrected chi connectivity index (χ2v) is 7.28. The monoisotopic (exact) mass is 338 g/mol. The first-order chi connectivity index (χ1) is 11.2. The van der Waals surface area contributed by atoms with Gasteiger partial charge >= 0.3 is 0 Å². The van der Waals surface area contributed by atoms with E-state index in [1.54, 1.807) is 27.7 Å². The molecule has 5 atom stereocenters. The zero-order valence-corrected chi connectivity index (χ0v) is 14.5. The maximum atomic E-state index is 10.8. The molecule has 2 aliphatic rings. The zero-order chi connectivity index (χ0) is 17.5. The summed E-state index contributed by atoms with van der Waals surface area (Å²) in [4.78, 5) is 0. The van der Waals surface area contributed by atoms with Crippen molar-refractivity contribution in [2.75, 3.05) is 6.61 Å². The number of hydrogen-bond donors (Lipinski definition) is 2. The molecule has 0 saturated carbocycles. The Morgan fingerprint density at radius 2 is 1.54 bits per heavy atom. The third-order valence-corrected chi connectivity index (χ3v) is 4.36. The molecule has 0 amide bonds. The van der Waals surface area contributed by atoms with Gasteiger partial charge in [-0.05, 0) is 33.3 Å². The molecule has 0 unspecified atom stereocenters. The average Bonchev–Trinajstić information content (AvgIpc) is 3.05. The summed E-state index contributed by atoms with van der Waals surface area (Å²) < 4.78 is 23.0. The molecule has 2 heterocycles. The van der Waals surface area contributed by atoms with E-state index >= 15 is 0 Å². The second kappa shape index (κ2) is 6.37. The van der Waals surface area contributed by atoms with Gasteiger partial charge in [0.2, 0.25) is 0 Å². The van der Waals surface area contributed by atoms with Crippen molar-refractivity contribution in [1.82, 2.24) is 0 Å². The van der Waals surface area contributed by atoms with Crippen molar-refractivity contribution in [1.29, 1.82) is 0 Å². The van der Waals surface area contributed by atoms with Gasteiger partial charge in [0, 0.05) is 0 Å². The van der Waals surface area contributed by atoms with Crippen molar-refractivity contribution in [3.63, 3.8) is 0 Å². The number of benzene rings is 1. The molecule has 0 aliphatic carbocycles. The summed E-state index contributed by atoms with van der Waals surface area (Å²) in [7, 11) is 0. The highest BCUT2D eigenvalue weighted by Crippen LogP contribution is 2.39. The van der Waals surface area contributed by atoms with E-state index in [1.807, 2.05) is 30.3 Å². The van der Waals surface area contributed by atoms with Crippen LogP contribution in [-0.4, -0.2) is 52.8 Å². The van der Waals surface area contributed by atoms with Crippen LogP contribution in [0, 0.1) is 0 Å². The lowest BCUT2D eigenvalue weighted by molar-refractivity contribution is -0.179. The number of ether oxygens (including phenoxy) is 4. The fraction of sp³-hybridized carbons (Fsp3) is 0.667. The minimum absolute atomic E-state index is 0.266. The lowest BCUT2D eigenvalue weighted by Crippen LogP contribution is -2.46. The maximum absolute atomic E-state index is 10.8. The molecule has 6 heteroatoms. The predicted molar refractivity (Wildman–Crippen MR) is 86.1 cm³/mol. The second-order valence-electron chi connectivity index (χ2n) is 7.28. The van der Waals surface area contributed by atoms with Crippen molar-refractivity contribution in [2.45, 2.75) is 69.8 Å². The largest absolute Gasteiger partial charge is 0.387 e. The Labute approximate surface area is 142 Å². The molecule has 2 fully saturated rings. The van der Waals surface area contributed by atoms with Crippen LogP contribution in [-0.2, 0) is 18.9 Å². The zero-order valence-electron chi connectivity index (χ0n) is 14.5. The summed E-state index contributed by atoms with van der Waals surface area (Å²) >= 11 is 0. The lowest BCUT2D eigenvalue weighted by atomic mass is 9.95. The van der Waals surface area contributed by atoms with Gasteiger partial charge in [-0.2, -0.15) is 0 Å². The first-order valence-electron chi connectivity index (χ1n) is 8.27. The minimum atomic E-state index is -0.975. The van der Waals surface area contributed by atoms with Crippen molar-refractivity contribution >= 4 is 0 Å². The van der Waals surface area contributed by atoms with Gasteiger partial charge in [-0.3, -0.25) is 0 Å². The van der Waals surface area contributed by atoms with E-state index in [-0.39, 0.29) is 6.61 Å². The van der Waals surface area contributed by atoms with Gasteiger partial charge in [0.1, 0.15) is 30.5 Å². The van der Waals surface area contributed by atoms with Crippen molar-refractivity contribution < 1.29 is 29.2 Å². The normalized spacial score (nSPS) is 34.2. The number of hydrogen-bond acceptors (Lipinski definition) is 6. The molecule has 0 spiro atoms. The van der Waals surface area contributed by atoms with Gasteiger partial charge in [0.25, 0.3) is 0 Å². The average molecular weight is 338 g/mol. The van der Waals surface area contributed by atoms with E-state index in [0.29, 0.717) is 5.56 Å². The highest BCUT2D eigenvalue weighted by atomic mass is 16.8. The molecule has 3 rings (SSSR count). The Morgan fingerprint density at radius 3 is 2.12 bits per heavy atom. The molecule has 1 aromatic rings. The van der Waals surface area contributed by atoms with Crippen LogP contribution < -0.4 is 0 Å². The SMILES string of the molecule is CC1(C)O[C@@H]([C@H](O)[C@H]2COC(C)(C)O2)[C@@H]([C@@H](O)c2ccccc2)O1. The van der Waals surface area contributed by atoms with E-state index in [4.69, 9.17) is 18.9 Å². The summed E-state index contributed by atoms with van der Waals surface area (Å²) in [6, 6.07) is 9.22. The van der Waals surface area contributed by atoms with Crippen LogP contribution in [0.2, 0.25) is 0 Å². The van der Waals surface area contributed by atoms with Gasteiger partial charge < -0.3 is 29.2 Å². The van der Waals surface area contributed by atoms with Gasteiger partial charge in [0.15, 0.2) is 11.6 Å². The van der Waals surface area contributed by atoms with Gasteiger partial charge in [0.05, 0.1) is 6.61 Å². The molecule has 2 N–H and O–H groups in total. The molecule has 2 saturated heterocycles. The third-order valence-electron chi connectivity index (χ3n) is 4.36. The highest BCUT2D eigenvalue weighted by molar-refractivity contribution is 5.19. The van der Waals surface area contributed by atoms with Gasteiger partial charge in [-0.1, -0.05) is 30.3 Å². The molecule has 1 aromatic carbocycles. The Hall–Kier alpha value is -1.02. The standard InChI is InChI=1S/C18H26O6/c1-17(2)21-10-12(22-17)14(20)16-15(23-18(3,4)24-16)13(19)11-8-6-5-7-9-11/h5-9,12-16,19-20H,10H2,1-4H3/t12-,13+,14-,15-,16+/m1/s1. The van der Waals surface area contributed by atoms with Crippen LogP contribution >= 0.6 is 0 Å². The molecule has 0 aromatic heterocycles. The van der Waals surface area contributed by atoms with Gasteiger partial charge in [-0.25, -0.2) is 0 Å². The number of aliphatic hydroxyl groups is 2. The predicted octanol–water partition coefficient (Wildman–Crippen LogP) is 1.75. The molecule has 0 radical (unpaired) electrons. The minimum Gasteiger partial charge on any atom is -0.387 e. The summed E-state index contributed by atoms with van der Waals surface area (Å²) in [6.07, 6.45) is -3.85. The molecule has 24 heavy (non-hydrogen) atoms. The molecule has 2 aliphatic heterocycles. The Balaban J connectivity index is 1.79. The Bertz CT molecular complexity index is 558. The van der Waals surface area contributed by atoms with E-state index in [1.165, 1.54) is 0 Å². The summed E-state index contributed by atoms with van der Waals surface area (Å²) in [5, 5.41) is 21.5. The van der Waals surface area contributed by atoms with Crippen molar-refractivity contribution in [2.24, 2.45) is 0 Å². The highest BCUT2D eigenvalue weighted by Gasteiger charge is 2.52. The van der Waals surface area contributed by atoms with Crippen molar-refractivity contribution in [3.8, 4) is 0 Å². The molecular formula is C18H26O6. The molecule has 134 valence electrons. The molecule has 0 bridgehead atoms. The number of rotatable bonds is 4. The molecular weight excluding hydrogens is 312 g/mol. The maximum Gasteiger partial charge on any atom is 0.164 e. The summed E-state index contributed by atoms with van der Waals surface area (Å²) in [5.41, 5.74) is 0.713. The lowest BCUT2D eigenvalue weighted by Gasteiger charge is -2.29. The van der Waals surface area contributed by atoms with E-state index in [0.717, 1.165) is 0 Å². The Morgan fingerprint density at radius 1 is 0.917 bits per heavy atom. The van der Waals surface area contributed by atoms with Gasteiger partial charge in [-0.15, -0.1) is 0 Å². The quantitative estimate of drug-likeness (QED) is 0.871. The topological polar surface area (TPSA) is 77.4 Å². The van der Waals surface area contributed by atoms with E-state index < -0.39 is 42.1 Å². The fourth-order valence-electron chi connectivity index (χ4n) is 3.26. The third kappa shape index (κ3) is 3.64. The van der Waals surface area contributed by atoms with Crippen molar-refractivity contribution in [3.05, 3.63) is 35.9 Å². The number of aliphatic hydroxyl groups excluding tert-OH is 2. The van der Waals surface area contributed by atoms with E-state index in [9.17, 15) is 10.2 Å². The molecule has 6 nitrogen and oxygen atoms in total. The van der Waals surface area contributed by atoms with Crippen LogP contribution in [0.25, 0.3) is 0 Å². The van der Waals surface area contributed by atoms with Crippen LogP contribution in [0.1, 0.15) is 39.4 Å². The summed E-state index contributed by atoms with van der Waals surface area (Å²) in [5.74, 6) is -1.64. The summed E-state index contributed by atoms with van der Waals surface area (Å²) in [6.45, 7) is 7.39. The van der Waals surface area contributed by atoms with Crippen LogP contribution in [0.3, 0.4) is 0 Å². The van der Waals surface area contributed by atoms with E-state index in [2.05, 4.69) is 0 Å². The first-order valence-corrected chi connectivity index (χ1v) is 8.27. The Kier molecular flexibility index (Phi) is 4.72.